The van der Waals surface area contributed by atoms with Gasteiger partial charge in [-0.15, -0.1) is 0 Å². The molecule has 0 atom stereocenters. The maximum absolute atomic E-state index is 12.2. The van der Waals surface area contributed by atoms with E-state index in [1.165, 1.54) is 5.56 Å². The molecule has 0 bridgehead atoms. The third-order valence-electron chi connectivity index (χ3n) is 3.48. The monoisotopic (exact) mass is 369 g/mol. The summed E-state index contributed by atoms with van der Waals surface area (Å²) >= 11 is 3.44. The first-order chi connectivity index (χ1) is 11.2. The van der Waals surface area contributed by atoms with Crippen molar-refractivity contribution in [3.05, 3.63) is 76.4 Å². The number of halogens is 1. The first-order valence-electron chi connectivity index (χ1n) is 7.36. The molecule has 1 amide bonds. The Morgan fingerprint density at radius 3 is 2.70 bits per heavy atom. The highest BCUT2D eigenvalue weighted by Crippen LogP contribution is 2.16. The van der Waals surface area contributed by atoms with Gasteiger partial charge in [0.2, 0.25) is 0 Å². The summed E-state index contributed by atoms with van der Waals surface area (Å²) in [4.78, 5) is 12.2. The molecular weight excluding hydrogens is 354 g/mol. The molecule has 0 saturated carbocycles. The number of amides is 1. The van der Waals surface area contributed by atoms with Crippen molar-refractivity contribution in [1.82, 2.24) is 15.5 Å². The highest BCUT2D eigenvalue weighted by atomic mass is 79.9. The molecule has 0 aliphatic carbocycles. The number of carbonyl (C=O) groups is 1. The lowest BCUT2D eigenvalue weighted by Gasteiger charge is -2.04. The number of nitrogens with one attached hydrogen (secondary N) is 2. The molecule has 116 valence electrons. The van der Waals surface area contributed by atoms with Gasteiger partial charge < -0.3 is 5.32 Å². The van der Waals surface area contributed by atoms with E-state index in [4.69, 9.17) is 0 Å². The first-order valence-corrected chi connectivity index (χ1v) is 8.15. The van der Waals surface area contributed by atoms with Gasteiger partial charge in [0.25, 0.3) is 5.91 Å². The normalized spacial score (nSPS) is 10.5. The van der Waals surface area contributed by atoms with Crippen molar-refractivity contribution in [2.75, 3.05) is 6.54 Å². The predicted molar refractivity (Wildman–Crippen MR) is 94.2 cm³/mol. The van der Waals surface area contributed by atoms with Crippen LogP contribution in [0.4, 0.5) is 0 Å². The standard InChI is InChI=1S/C18H16BrN3O/c19-15-8-4-5-13(11-15)9-10-20-18(23)17-12-16(21-22-17)14-6-2-1-3-7-14/h1-8,11-12H,9-10H2,(H,20,23)(H,21,22). The van der Waals surface area contributed by atoms with E-state index in [9.17, 15) is 4.79 Å². The Kier molecular flexibility index (Phi) is 4.88. The lowest BCUT2D eigenvalue weighted by atomic mass is 10.1. The number of rotatable bonds is 5. The van der Waals surface area contributed by atoms with Gasteiger partial charge in [-0.1, -0.05) is 58.4 Å². The second-order valence-electron chi connectivity index (χ2n) is 5.17. The number of H-pyrrole nitrogens is 1. The van der Waals surface area contributed by atoms with E-state index in [1.54, 1.807) is 6.07 Å². The SMILES string of the molecule is O=C(NCCc1cccc(Br)c1)c1cc(-c2ccccc2)n[nH]1. The van der Waals surface area contributed by atoms with Crippen LogP contribution in [-0.2, 0) is 6.42 Å². The summed E-state index contributed by atoms with van der Waals surface area (Å²) in [7, 11) is 0. The number of aromatic nitrogens is 2. The Hall–Kier alpha value is -2.40. The van der Waals surface area contributed by atoms with Crippen LogP contribution in [0.2, 0.25) is 0 Å². The second kappa shape index (κ2) is 7.24. The van der Waals surface area contributed by atoms with E-state index in [1.807, 2.05) is 48.5 Å². The molecule has 2 aromatic carbocycles. The minimum atomic E-state index is -0.144. The minimum Gasteiger partial charge on any atom is -0.350 e. The summed E-state index contributed by atoms with van der Waals surface area (Å²) in [6.07, 6.45) is 0.783. The summed E-state index contributed by atoms with van der Waals surface area (Å²) in [6.45, 7) is 0.578. The zero-order chi connectivity index (χ0) is 16.1. The van der Waals surface area contributed by atoms with Crippen molar-refractivity contribution >= 4 is 21.8 Å². The van der Waals surface area contributed by atoms with Crippen molar-refractivity contribution in [3.8, 4) is 11.3 Å². The van der Waals surface area contributed by atoms with Crippen molar-refractivity contribution in [3.63, 3.8) is 0 Å². The fourth-order valence-corrected chi connectivity index (χ4v) is 2.75. The lowest BCUT2D eigenvalue weighted by Crippen LogP contribution is -2.26. The molecule has 4 nitrogen and oxygen atoms in total. The molecule has 0 aliphatic heterocycles. The van der Waals surface area contributed by atoms with Crippen LogP contribution in [0.1, 0.15) is 16.1 Å². The van der Waals surface area contributed by atoms with Crippen molar-refractivity contribution in [2.24, 2.45) is 0 Å². The predicted octanol–water partition coefficient (Wildman–Crippen LogP) is 3.81. The van der Waals surface area contributed by atoms with Crippen molar-refractivity contribution in [1.29, 1.82) is 0 Å². The van der Waals surface area contributed by atoms with Gasteiger partial charge in [0.1, 0.15) is 5.69 Å². The average Bonchev–Trinajstić information content (AvgIpc) is 3.06. The molecule has 1 heterocycles. The molecule has 0 fully saturated rings. The first kappa shape index (κ1) is 15.5. The van der Waals surface area contributed by atoms with E-state index >= 15 is 0 Å². The van der Waals surface area contributed by atoms with E-state index < -0.39 is 0 Å². The number of aromatic amines is 1. The van der Waals surface area contributed by atoms with Crippen LogP contribution in [0.15, 0.2) is 65.1 Å². The molecule has 0 aliphatic rings. The molecule has 0 spiro atoms. The Bertz CT molecular complexity index is 799. The minimum absolute atomic E-state index is 0.144. The number of nitrogens with zero attached hydrogens (tertiary/aromatic N) is 1. The summed E-state index contributed by atoms with van der Waals surface area (Å²) < 4.78 is 1.04. The fourth-order valence-electron chi connectivity index (χ4n) is 2.30. The topological polar surface area (TPSA) is 57.8 Å². The van der Waals surface area contributed by atoms with Crippen LogP contribution in [0.3, 0.4) is 0 Å². The molecule has 1 aromatic heterocycles. The number of benzene rings is 2. The van der Waals surface area contributed by atoms with E-state index in [2.05, 4.69) is 37.5 Å². The number of hydrogen-bond acceptors (Lipinski definition) is 2. The third-order valence-corrected chi connectivity index (χ3v) is 3.97. The van der Waals surface area contributed by atoms with Crippen LogP contribution >= 0.6 is 15.9 Å². The summed E-state index contributed by atoms with van der Waals surface area (Å²) in [6, 6.07) is 19.6. The molecule has 0 unspecified atom stereocenters. The second-order valence-corrected chi connectivity index (χ2v) is 6.08. The van der Waals surface area contributed by atoms with Crippen LogP contribution < -0.4 is 5.32 Å². The lowest BCUT2D eigenvalue weighted by molar-refractivity contribution is 0.0949. The molecule has 0 saturated heterocycles. The summed E-state index contributed by atoms with van der Waals surface area (Å²) in [5, 5.41) is 9.89. The van der Waals surface area contributed by atoms with Crippen LogP contribution in [0.25, 0.3) is 11.3 Å². The van der Waals surface area contributed by atoms with Crippen molar-refractivity contribution < 1.29 is 4.79 Å². The Morgan fingerprint density at radius 1 is 1.09 bits per heavy atom. The van der Waals surface area contributed by atoms with Crippen LogP contribution in [0.5, 0.6) is 0 Å². The molecule has 23 heavy (non-hydrogen) atoms. The Labute approximate surface area is 143 Å². The van der Waals surface area contributed by atoms with E-state index in [0.717, 1.165) is 22.2 Å². The van der Waals surface area contributed by atoms with Crippen LogP contribution in [0, 0.1) is 0 Å². The molecule has 3 aromatic rings. The van der Waals surface area contributed by atoms with Gasteiger partial charge >= 0.3 is 0 Å². The van der Waals surface area contributed by atoms with Gasteiger partial charge in [0.15, 0.2) is 0 Å². The quantitative estimate of drug-likeness (QED) is 0.718. The fraction of sp³-hybridized carbons (Fsp3) is 0.111. The largest absolute Gasteiger partial charge is 0.350 e. The third kappa shape index (κ3) is 4.07. The van der Waals surface area contributed by atoms with Gasteiger partial charge in [-0.05, 0) is 30.2 Å². The van der Waals surface area contributed by atoms with Gasteiger partial charge in [-0.3, -0.25) is 9.89 Å². The molecule has 5 heteroatoms. The maximum Gasteiger partial charge on any atom is 0.269 e. The van der Waals surface area contributed by atoms with E-state index in [0.29, 0.717) is 12.2 Å². The Balaban J connectivity index is 1.58. The smallest absolute Gasteiger partial charge is 0.269 e. The zero-order valence-electron chi connectivity index (χ0n) is 12.4. The highest BCUT2D eigenvalue weighted by molar-refractivity contribution is 9.10. The average molecular weight is 370 g/mol. The molecule has 0 radical (unpaired) electrons. The highest BCUT2D eigenvalue weighted by Gasteiger charge is 2.10. The van der Waals surface area contributed by atoms with Gasteiger partial charge in [0.05, 0.1) is 5.69 Å². The van der Waals surface area contributed by atoms with Gasteiger partial charge in [-0.2, -0.15) is 5.10 Å². The molecule has 3 rings (SSSR count). The maximum atomic E-state index is 12.2. The number of hydrogen-bond donors (Lipinski definition) is 2. The summed E-state index contributed by atoms with van der Waals surface area (Å²) in [5.74, 6) is -0.144. The van der Waals surface area contributed by atoms with Gasteiger partial charge in [0, 0.05) is 16.6 Å². The Morgan fingerprint density at radius 2 is 1.91 bits per heavy atom. The van der Waals surface area contributed by atoms with Crippen molar-refractivity contribution in [2.45, 2.75) is 6.42 Å². The zero-order valence-corrected chi connectivity index (χ0v) is 14.0. The molecular formula is C18H16BrN3O. The van der Waals surface area contributed by atoms with Gasteiger partial charge in [-0.25, -0.2) is 0 Å². The van der Waals surface area contributed by atoms with Crippen LogP contribution in [-0.4, -0.2) is 22.6 Å². The van der Waals surface area contributed by atoms with E-state index in [-0.39, 0.29) is 5.91 Å². The number of carbonyl (C=O) groups excluding carboxylic acids is 1. The summed E-state index contributed by atoms with van der Waals surface area (Å²) in [5.41, 5.74) is 3.40. The molecule has 2 N–H and O–H groups in total.